The molecule has 0 N–H and O–H groups in total. The maximum atomic E-state index is 5.37. The van der Waals surface area contributed by atoms with Crippen molar-refractivity contribution in [3.05, 3.63) is 0 Å². The summed E-state index contributed by atoms with van der Waals surface area (Å²) in [6, 6.07) is 0. The van der Waals surface area contributed by atoms with Crippen molar-refractivity contribution in [2.24, 2.45) is 11.8 Å². The molecule has 1 fully saturated rings. The molecule has 1 rings (SSSR count). The highest BCUT2D eigenvalue weighted by molar-refractivity contribution is 4.74. The summed E-state index contributed by atoms with van der Waals surface area (Å²) < 4.78 is 5.37. The van der Waals surface area contributed by atoms with Crippen LogP contribution in [0.5, 0.6) is 0 Å². The van der Waals surface area contributed by atoms with Gasteiger partial charge in [-0.05, 0) is 24.7 Å². The number of methoxy groups -OCH3 is 1. The molecule has 1 saturated carbocycles. The van der Waals surface area contributed by atoms with Crippen LogP contribution in [0, 0.1) is 11.8 Å². The maximum Gasteiger partial charge on any atom is 0.0574 e. The predicted octanol–water partition coefficient (Wildman–Crippen LogP) is 2.85. The van der Waals surface area contributed by atoms with Crippen LogP contribution in [-0.4, -0.2) is 13.2 Å². The third-order valence-corrected chi connectivity index (χ3v) is 2.94. The van der Waals surface area contributed by atoms with Crippen LogP contribution in [0.15, 0.2) is 0 Å². The van der Waals surface area contributed by atoms with E-state index < -0.39 is 0 Å². The fraction of sp³-hybridized carbons (Fsp3) is 1.00. The van der Waals surface area contributed by atoms with Crippen molar-refractivity contribution in [3.63, 3.8) is 0 Å². The highest BCUT2D eigenvalue weighted by Crippen LogP contribution is 2.30. The molecule has 2 atom stereocenters. The van der Waals surface area contributed by atoms with Crippen molar-refractivity contribution in [1.82, 2.24) is 0 Å². The molecular weight excluding hydrogens is 136 g/mol. The Labute approximate surface area is 70.1 Å². The summed E-state index contributed by atoms with van der Waals surface area (Å²) in [4.78, 5) is 0. The van der Waals surface area contributed by atoms with Crippen molar-refractivity contribution in [2.75, 3.05) is 7.11 Å². The molecule has 0 heterocycles. The van der Waals surface area contributed by atoms with Crippen molar-refractivity contribution < 1.29 is 4.74 Å². The lowest BCUT2D eigenvalue weighted by atomic mass is 9.80. The third-order valence-electron chi connectivity index (χ3n) is 2.94. The van der Waals surface area contributed by atoms with Crippen molar-refractivity contribution in [3.8, 4) is 0 Å². The minimum Gasteiger partial charge on any atom is -0.381 e. The molecule has 0 spiro atoms. The van der Waals surface area contributed by atoms with Gasteiger partial charge in [0.2, 0.25) is 0 Å². The minimum absolute atomic E-state index is 0.552. The molecular formula is C10H20O. The van der Waals surface area contributed by atoms with Gasteiger partial charge < -0.3 is 4.74 Å². The molecule has 11 heavy (non-hydrogen) atoms. The summed E-state index contributed by atoms with van der Waals surface area (Å²) in [5.74, 6) is 1.75. The van der Waals surface area contributed by atoms with Crippen molar-refractivity contribution >= 4 is 0 Å². The zero-order valence-corrected chi connectivity index (χ0v) is 7.97. The number of rotatable bonds is 2. The topological polar surface area (TPSA) is 9.23 Å². The van der Waals surface area contributed by atoms with E-state index in [9.17, 15) is 0 Å². The van der Waals surface area contributed by atoms with Crippen LogP contribution in [0.4, 0.5) is 0 Å². The van der Waals surface area contributed by atoms with E-state index in [0.29, 0.717) is 6.10 Å². The van der Waals surface area contributed by atoms with E-state index in [1.807, 2.05) is 7.11 Å². The van der Waals surface area contributed by atoms with Crippen LogP contribution in [0.2, 0.25) is 0 Å². The Balaban J connectivity index is 2.33. The number of hydrogen-bond acceptors (Lipinski definition) is 1. The molecule has 0 bridgehead atoms. The van der Waals surface area contributed by atoms with E-state index in [1.165, 1.54) is 25.7 Å². The molecule has 0 aromatic heterocycles. The van der Waals surface area contributed by atoms with Gasteiger partial charge in [-0.2, -0.15) is 0 Å². The second-order valence-corrected chi connectivity index (χ2v) is 4.03. The Hall–Kier alpha value is -0.0400. The Morgan fingerprint density at radius 2 is 2.00 bits per heavy atom. The van der Waals surface area contributed by atoms with Crippen LogP contribution in [0.1, 0.15) is 39.5 Å². The van der Waals surface area contributed by atoms with Gasteiger partial charge in [-0.15, -0.1) is 0 Å². The molecule has 0 aliphatic heterocycles. The fourth-order valence-electron chi connectivity index (χ4n) is 2.00. The Morgan fingerprint density at radius 3 is 2.55 bits per heavy atom. The van der Waals surface area contributed by atoms with E-state index in [1.54, 1.807) is 0 Å². The first kappa shape index (κ1) is 9.05. The number of hydrogen-bond donors (Lipinski definition) is 0. The summed E-state index contributed by atoms with van der Waals surface area (Å²) in [7, 11) is 1.84. The standard InChI is InChI=1S/C10H20O/c1-8(2)9-5-4-6-10(7-9)11-3/h8-10H,4-7H2,1-3H3/t9?,10-/m1/s1. The van der Waals surface area contributed by atoms with E-state index in [0.717, 1.165) is 11.8 Å². The lowest BCUT2D eigenvalue weighted by Crippen LogP contribution is -2.24. The Bertz CT molecular complexity index is 109. The first-order valence-electron chi connectivity index (χ1n) is 4.76. The maximum absolute atomic E-state index is 5.37. The van der Waals surface area contributed by atoms with Crippen LogP contribution >= 0.6 is 0 Å². The monoisotopic (exact) mass is 156 g/mol. The van der Waals surface area contributed by atoms with Gasteiger partial charge >= 0.3 is 0 Å². The summed E-state index contributed by atoms with van der Waals surface area (Å²) in [5.41, 5.74) is 0. The molecule has 1 nitrogen and oxygen atoms in total. The predicted molar refractivity (Wildman–Crippen MR) is 47.6 cm³/mol. The highest BCUT2D eigenvalue weighted by atomic mass is 16.5. The van der Waals surface area contributed by atoms with Gasteiger partial charge in [0.1, 0.15) is 0 Å². The molecule has 1 unspecified atom stereocenters. The molecule has 1 heteroatoms. The second kappa shape index (κ2) is 4.10. The van der Waals surface area contributed by atoms with E-state index >= 15 is 0 Å². The Kier molecular flexibility index (Phi) is 3.38. The summed E-state index contributed by atoms with van der Waals surface area (Å²) in [5, 5.41) is 0. The van der Waals surface area contributed by atoms with Gasteiger partial charge in [0, 0.05) is 7.11 Å². The number of ether oxygens (including phenoxy) is 1. The summed E-state index contributed by atoms with van der Waals surface area (Å²) in [6.07, 6.45) is 5.89. The van der Waals surface area contributed by atoms with Crippen molar-refractivity contribution in [1.29, 1.82) is 0 Å². The minimum atomic E-state index is 0.552. The van der Waals surface area contributed by atoms with E-state index in [2.05, 4.69) is 13.8 Å². The molecule has 0 radical (unpaired) electrons. The van der Waals surface area contributed by atoms with E-state index in [4.69, 9.17) is 4.74 Å². The molecule has 0 aromatic rings. The van der Waals surface area contributed by atoms with Gasteiger partial charge in [0.15, 0.2) is 0 Å². The molecule has 1 aliphatic rings. The van der Waals surface area contributed by atoms with Gasteiger partial charge in [0.05, 0.1) is 6.10 Å². The quantitative estimate of drug-likeness (QED) is 0.597. The van der Waals surface area contributed by atoms with Crippen LogP contribution < -0.4 is 0 Å². The smallest absolute Gasteiger partial charge is 0.0574 e. The second-order valence-electron chi connectivity index (χ2n) is 4.03. The van der Waals surface area contributed by atoms with Crippen LogP contribution in [-0.2, 0) is 4.74 Å². The zero-order chi connectivity index (χ0) is 8.27. The molecule has 66 valence electrons. The molecule has 0 saturated heterocycles. The van der Waals surface area contributed by atoms with Gasteiger partial charge in [-0.25, -0.2) is 0 Å². The largest absolute Gasteiger partial charge is 0.381 e. The summed E-state index contributed by atoms with van der Waals surface area (Å²) in [6.45, 7) is 4.64. The zero-order valence-electron chi connectivity index (χ0n) is 7.97. The lowest BCUT2D eigenvalue weighted by molar-refractivity contribution is 0.0408. The highest BCUT2D eigenvalue weighted by Gasteiger charge is 2.23. The molecule has 0 aromatic carbocycles. The van der Waals surface area contributed by atoms with Gasteiger partial charge in [-0.3, -0.25) is 0 Å². The first-order valence-corrected chi connectivity index (χ1v) is 4.76. The SMILES string of the molecule is CO[C@@H]1CCCC(C(C)C)C1. The normalized spacial score (nSPS) is 32.7. The van der Waals surface area contributed by atoms with E-state index in [-0.39, 0.29) is 0 Å². The molecule has 1 aliphatic carbocycles. The third kappa shape index (κ3) is 2.48. The van der Waals surface area contributed by atoms with Gasteiger partial charge in [0.25, 0.3) is 0 Å². The summed E-state index contributed by atoms with van der Waals surface area (Å²) >= 11 is 0. The van der Waals surface area contributed by atoms with Crippen LogP contribution in [0.3, 0.4) is 0 Å². The average molecular weight is 156 g/mol. The van der Waals surface area contributed by atoms with Crippen molar-refractivity contribution in [2.45, 2.75) is 45.6 Å². The molecule has 0 amide bonds. The fourth-order valence-corrected chi connectivity index (χ4v) is 2.00. The average Bonchev–Trinajstić information content (AvgIpc) is 2.05. The van der Waals surface area contributed by atoms with Crippen LogP contribution in [0.25, 0.3) is 0 Å². The van der Waals surface area contributed by atoms with Gasteiger partial charge in [-0.1, -0.05) is 26.7 Å². The lowest BCUT2D eigenvalue weighted by Gasteiger charge is -2.30. The first-order chi connectivity index (χ1) is 5.24. The Morgan fingerprint density at radius 1 is 1.27 bits per heavy atom.